The highest BCUT2D eigenvalue weighted by Gasteiger charge is 1.98. The predicted molar refractivity (Wildman–Crippen MR) is 116 cm³/mol. The van der Waals surface area contributed by atoms with Crippen molar-refractivity contribution < 1.29 is 0 Å². The van der Waals surface area contributed by atoms with Crippen LogP contribution in [-0.4, -0.2) is 0 Å². The topological polar surface area (TPSA) is 12.0 Å². The molecule has 0 aliphatic heterocycles. The first-order valence-electron chi connectivity index (χ1n) is 9.33. The van der Waals surface area contributed by atoms with Gasteiger partial charge in [-0.25, -0.2) is 0 Å². The molecule has 0 fully saturated rings. The highest BCUT2D eigenvalue weighted by Crippen LogP contribution is 2.23. The lowest BCUT2D eigenvalue weighted by Gasteiger charge is -2.08. The number of rotatable bonds is 6. The summed E-state index contributed by atoms with van der Waals surface area (Å²) in [5, 5.41) is 3.41. The van der Waals surface area contributed by atoms with E-state index in [9.17, 15) is 0 Å². The third-order valence-corrected chi connectivity index (χ3v) is 4.09. The first-order valence-corrected chi connectivity index (χ1v) is 9.33. The van der Waals surface area contributed by atoms with E-state index in [1.807, 2.05) is 12.1 Å². The lowest BCUT2D eigenvalue weighted by Crippen LogP contribution is -1.89. The maximum absolute atomic E-state index is 3.60. The Hall–Kier alpha value is -2.80. The molecule has 1 heteroatoms. The van der Waals surface area contributed by atoms with E-state index in [1.165, 1.54) is 36.0 Å². The van der Waals surface area contributed by atoms with Crippen LogP contribution in [0.15, 0.2) is 91.5 Å². The van der Waals surface area contributed by atoms with Crippen LogP contribution >= 0.6 is 0 Å². The number of hydrogen-bond donors (Lipinski definition) is 1. The summed E-state index contributed by atoms with van der Waals surface area (Å²) in [6.07, 6.45) is 5.72. The molecule has 0 saturated carbocycles. The van der Waals surface area contributed by atoms with Crippen molar-refractivity contribution in [3.8, 4) is 11.1 Å². The van der Waals surface area contributed by atoms with Gasteiger partial charge in [0.25, 0.3) is 0 Å². The number of unbranched alkanes of at least 4 members (excludes halogenated alkanes) is 2. The average Bonchev–Trinajstić information content (AvgIpc) is 2.70. The van der Waals surface area contributed by atoms with Crippen LogP contribution in [0.3, 0.4) is 0 Å². The Morgan fingerprint density at radius 3 is 1.81 bits per heavy atom. The Balaban J connectivity index is 0.000000352. The molecule has 3 aromatic carbocycles. The van der Waals surface area contributed by atoms with Crippen LogP contribution in [0.1, 0.15) is 31.7 Å². The Kier molecular flexibility index (Phi) is 8.21. The van der Waals surface area contributed by atoms with E-state index in [1.54, 1.807) is 0 Å². The van der Waals surface area contributed by atoms with Gasteiger partial charge in [-0.1, -0.05) is 86.0 Å². The Morgan fingerprint density at radius 1 is 0.769 bits per heavy atom. The summed E-state index contributed by atoms with van der Waals surface area (Å²) in [4.78, 5) is 0. The zero-order valence-corrected chi connectivity index (χ0v) is 15.9. The molecule has 26 heavy (non-hydrogen) atoms. The smallest absolute Gasteiger partial charge is 0.0384 e. The molecule has 0 radical (unpaired) electrons. The number of allylic oxidation sites excluding steroid dienone is 1. The summed E-state index contributed by atoms with van der Waals surface area (Å²) in [6, 6.07) is 27.4. The van der Waals surface area contributed by atoms with Crippen molar-refractivity contribution in [2.24, 2.45) is 0 Å². The quantitative estimate of drug-likeness (QED) is 0.356. The summed E-state index contributed by atoms with van der Waals surface area (Å²) in [6.45, 7) is 7.88. The lowest BCUT2D eigenvalue weighted by molar-refractivity contribution is 0.816. The van der Waals surface area contributed by atoms with Crippen molar-refractivity contribution in [3.63, 3.8) is 0 Å². The Labute approximate surface area is 158 Å². The fourth-order valence-corrected chi connectivity index (χ4v) is 2.53. The van der Waals surface area contributed by atoms with E-state index in [4.69, 9.17) is 0 Å². The van der Waals surface area contributed by atoms with E-state index in [0.717, 1.165) is 11.4 Å². The van der Waals surface area contributed by atoms with E-state index in [-0.39, 0.29) is 0 Å². The second kappa shape index (κ2) is 10.9. The zero-order valence-electron chi connectivity index (χ0n) is 15.9. The number of aryl methyl sites for hydroxylation is 1. The minimum Gasteiger partial charge on any atom is -0.356 e. The summed E-state index contributed by atoms with van der Waals surface area (Å²) in [7, 11) is 0. The maximum Gasteiger partial charge on any atom is 0.0384 e. The van der Waals surface area contributed by atoms with Crippen molar-refractivity contribution in [1.29, 1.82) is 0 Å². The average molecular weight is 344 g/mol. The van der Waals surface area contributed by atoms with Crippen LogP contribution in [0.25, 0.3) is 11.1 Å². The molecular weight excluding hydrogens is 314 g/mol. The van der Waals surface area contributed by atoms with E-state index in [2.05, 4.69) is 98.5 Å². The van der Waals surface area contributed by atoms with Crippen molar-refractivity contribution in [3.05, 3.63) is 97.1 Å². The van der Waals surface area contributed by atoms with Crippen LogP contribution in [0, 0.1) is 6.92 Å². The number of anilines is 2. The molecule has 0 unspecified atom stereocenters. The van der Waals surface area contributed by atoms with Gasteiger partial charge in [-0.2, -0.15) is 0 Å². The van der Waals surface area contributed by atoms with Gasteiger partial charge in [0.2, 0.25) is 0 Å². The summed E-state index contributed by atoms with van der Waals surface area (Å²) in [5.74, 6) is 0. The first kappa shape index (κ1) is 19.5. The molecule has 0 atom stereocenters. The number of nitrogens with one attached hydrogen (secondary N) is 1. The highest BCUT2D eigenvalue weighted by molar-refractivity contribution is 5.68. The standard InChI is InChI=1S/C19H17N.C6H12/c1-15-7-11-18(12-8-15)20-19-13-9-17(10-14-19)16-5-3-2-4-6-16;1-3-5-6-4-2/h2-14,20H,1H3;3H,1,4-6H2,2H3. The number of hydrogen-bond acceptors (Lipinski definition) is 1. The minimum absolute atomic E-state index is 1.11. The molecular formula is C25H29N. The third-order valence-electron chi connectivity index (χ3n) is 4.09. The third kappa shape index (κ3) is 6.60. The molecule has 0 aromatic heterocycles. The largest absolute Gasteiger partial charge is 0.356 e. The SMILES string of the molecule is C=CCCCC.Cc1ccc(Nc2ccc(-c3ccccc3)cc2)cc1. The molecule has 1 nitrogen and oxygen atoms in total. The van der Waals surface area contributed by atoms with E-state index < -0.39 is 0 Å². The van der Waals surface area contributed by atoms with Crippen LogP contribution in [0.2, 0.25) is 0 Å². The van der Waals surface area contributed by atoms with Gasteiger partial charge in [-0.05, 0) is 48.7 Å². The Bertz CT molecular complexity index is 756. The van der Waals surface area contributed by atoms with Crippen molar-refractivity contribution in [2.45, 2.75) is 33.1 Å². The van der Waals surface area contributed by atoms with Gasteiger partial charge >= 0.3 is 0 Å². The molecule has 0 aliphatic carbocycles. The van der Waals surface area contributed by atoms with Gasteiger partial charge in [-0.15, -0.1) is 6.58 Å². The van der Waals surface area contributed by atoms with Crippen molar-refractivity contribution >= 4 is 11.4 Å². The van der Waals surface area contributed by atoms with Crippen LogP contribution in [0.4, 0.5) is 11.4 Å². The molecule has 0 heterocycles. The van der Waals surface area contributed by atoms with Gasteiger partial charge in [0.05, 0.1) is 0 Å². The minimum atomic E-state index is 1.11. The molecule has 0 aliphatic rings. The highest BCUT2D eigenvalue weighted by atomic mass is 14.9. The predicted octanol–water partition coefficient (Wildman–Crippen LogP) is 7.77. The van der Waals surface area contributed by atoms with Gasteiger partial charge < -0.3 is 5.32 Å². The van der Waals surface area contributed by atoms with Crippen LogP contribution in [0.5, 0.6) is 0 Å². The summed E-state index contributed by atoms with van der Waals surface area (Å²) >= 11 is 0. The fourth-order valence-electron chi connectivity index (χ4n) is 2.53. The van der Waals surface area contributed by atoms with Crippen molar-refractivity contribution in [1.82, 2.24) is 0 Å². The summed E-state index contributed by atoms with van der Waals surface area (Å²) < 4.78 is 0. The van der Waals surface area contributed by atoms with Gasteiger partial charge in [0.1, 0.15) is 0 Å². The lowest BCUT2D eigenvalue weighted by atomic mass is 10.1. The Morgan fingerprint density at radius 2 is 1.31 bits per heavy atom. The molecule has 0 saturated heterocycles. The van der Waals surface area contributed by atoms with Crippen molar-refractivity contribution in [2.75, 3.05) is 5.32 Å². The molecule has 134 valence electrons. The fraction of sp³-hybridized carbons (Fsp3) is 0.200. The molecule has 0 spiro atoms. The zero-order chi connectivity index (χ0) is 18.6. The van der Waals surface area contributed by atoms with Crippen LogP contribution < -0.4 is 5.32 Å². The summed E-state index contributed by atoms with van der Waals surface area (Å²) in [5.41, 5.74) is 5.97. The van der Waals surface area contributed by atoms with E-state index >= 15 is 0 Å². The van der Waals surface area contributed by atoms with Gasteiger partial charge in [0, 0.05) is 11.4 Å². The second-order valence-corrected chi connectivity index (χ2v) is 6.37. The van der Waals surface area contributed by atoms with E-state index in [0.29, 0.717) is 0 Å². The second-order valence-electron chi connectivity index (χ2n) is 6.37. The molecule has 3 aromatic rings. The molecule has 3 rings (SSSR count). The first-order chi connectivity index (χ1) is 12.7. The monoisotopic (exact) mass is 343 g/mol. The van der Waals surface area contributed by atoms with Gasteiger partial charge in [-0.3, -0.25) is 0 Å². The molecule has 0 amide bonds. The normalized spacial score (nSPS) is 9.77. The maximum atomic E-state index is 3.60. The number of benzene rings is 3. The molecule has 1 N–H and O–H groups in total. The van der Waals surface area contributed by atoms with Crippen LogP contribution in [-0.2, 0) is 0 Å². The molecule has 0 bridgehead atoms. The van der Waals surface area contributed by atoms with Gasteiger partial charge in [0.15, 0.2) is 0 Å².